The molecule has 0 aliphatic heterocycles. The Labute approximate surface area is 159 Å². The van der Waals surface area contributed by atoms with Gasteiger partial charge in [0, 0.05) is 18.8 Å². The van der Waals surface area contributed by atoms with E-state index >= 15 is 0 Å². The number of aliphatic hydroxyl groups excluding tert-OH is 1. The Balaban J connectivity index is 0.00000225. The number of hydrogen-bond acceptors (Lipinski definition) is 4. The Kier molecular flexibility index (Phi) is 7.00. The average Bonchev–Trinajstić information content (AvgIpc) is 3.01. The molecule has 5 heteroatoms. The molecular weight excluding hydrogens is 352 g/mol. The molecule has 0 spiro atoms. The first-order valence-corrected chi connectivity index (χ1v) is 9.03. The molecule has 25 heavy (non-hydrogen) atoms. The molecule has 1 heterocycles. The Morgan fingerprint density at radius 1 is 1.16 bits per heavy atom. The monoisotopic (exact) mass is 374 g/mol. The maximum atomic E-state index is 9.16. The predicted molar refractivity (Wildman–Crippen MR) is 112 cm³/mol. The molecule has 0 atom stereocenters. The van der Waals surface area contributed by atoms with Crippen LogP contribution >= 0.6 is 23.7 Å². The van der Waals surface area contributed by atoms with Crippen molar-refractivity contribution < 1.29 is 5.11 Å². The highest BCUT2D eigenvalue weighted by Crippen LogP contribution is 2.25. The quantitative estimate of drug-likeness (QED) is 0.658. The van der Waals surface area contributed by atoms with Gasteiger partial charge in [-0.15, -0.1) is 23.7 Å². The molecule has 132 valence electrons. The van der Waals surface area contributed by atoms with E-state index in [0.29, 0.717) is 6.54 Å². The summed E-state index contributed by atoms with van der Waals surface area (Å²) >= 11 is 1.71. The third-order valence-corrected chi connectivity index (χ3v) is 5.09. The van der Waals surface area contributed by atoms with Gasteiger partial charge in [-0.25, -0.2) is 4.98 Å². The van der Waals surface area contributed by atoms with Crippen molar-refractivity contribution in [2.24, 2.45) is 0 Å². The number of rotatable bonds is 6. The predicted octanol–water partition coefficient (Wildman–Crippen LogP) is 5.02. The first-order chi connectivity index (χ1) is 11.7. The van der Waals surface area contributed by atoms with Crippen molar-refractivity contribution in [2.75, 3.05) is 24.6 Å². The van der Waals surface area contributed by atoms with Crippen LogP contribution in [0.5, 0.6) is 0 Å². The number of thiazole rings is 1. The normalized spacial score (nSPS) is 11.0. The topological polar surface area (TPSA) is 36.4 Å². The van der Waals surface area contributed by atoms with Crippen LogP contribution in [0, 0.1) is 6.92 Å². The lowest BCUT2D eigenvalue weighted by Gasteiger charge is -2.22. The highest BCUT2D eigenvalue weighted by atomic mass is 35.5. The summed E-state index contributed by atoms with van der Waals surface area (Å²) in [5, 5.41) is 10.2. The summed E-state index contributed by atoms with van der Waals surface area (Å²) in [6.45, 7) is 5.95. The van der Waals surface area contributed by atoms with Crippen molar-refractivity contribution in [2.45, 2.75) is 13.8 Å². The fraction of sp³-hybridized carbons (Fsp3) is 0.250. The fourth-order valence-electron chi connectivity index (χ4n) is 2.76. The second kappa shape index (κ2) is 8.99. The standard InChI is InChI=1S/C20H22N2OS.ClH/c1-3-22(12-13-23)17-10-8-16(15(2)14-17)9-11-20-21-18-6-4-5-7-19(18)24-20;/h4-11,14,23H,3,12-13H2,1-2H3;1H/b11-9+;. The molecule has 1 aromatic heterocycles. The molecule has 0 amide bonds. The van der Waals surface area contributed by atoms with Gasteiger partial charge in [-0.2, -0.15) is 0 Å². The number of para-hydroxylation sites is 1. The van der Waals surface area contributed by atoms with Crippen molar-refractivity contribution in [3.8, 4) is 0 Å². The first-order valence-electron chi connectivity index (χ1n) is 8.21. The average molecular weight is 375 g/mol. The van der Waals surface area contributed by atoms with Crippen LogP contribution in [0.1, 0.15) is 23.1 Å². The molecule has 0 saturated carbocycles. The summed E-state index contributed by atoms with van der Waals surface area (Å²) in [5.41, 5.74) is 4.62. The summed E-state index contributed by atoms with van der Waals surface area (Å²) < 4.78 is 1.21. The summed E-state index contributed by atoms with van der Waals surface area (Å²) in [5.74, 6) is 0. The third-order valence-electron chi connectivity index (χ3n) is 4.09. The maximum absolute atomic E-state index is 9.16. The lowest BCUT2D eigenvalue weighted by molar-refractivity contribution is 0.302. The number of halogens is 1. The number of benzene rings is 2. The minimum Gasteiger partial charge on any atom is -0.395 e. The van der Waals surface area contributed by atoms with Gasteiger partial charge in [0.05, 0.1) is 16.8 Å². The zero-order valence-electron chi connectivity index (χ0n) is 14.5. The van der Waals surface area contributed by atoms with E-state index in [-0.39, 0.29) is 19.0 Å². The number of aliphatic hydroxyl groups is 1. The minimum absolute atomic E-state index is 0. The van der Waals surface area contributed by atoms with Crippen LogP contribution in [0.3, 0.4) is 0 Å². The van der Waals surface area contributed by atoms with Crippen molar-refractivity contribution in [1.29, 1.82) is 0 Å². The van der Waals surface area contributed by atoms with Gasteiger partial charge in [0.25, 0.3) is 0 Å². The molecule has 0 aliphatic carbocycles. The van der Waals surface area contributed by atoms with Gasteiger partial charge in [0.1, 0.15) is 5.01 Å². The van der Waals surface area contributed by atoms with Crippen molar-refractivity contribution in [3.63, 3.8) is 0 Å². The van der Waals surface area contributed by atoms with E-state index < -0.39 is 0 Å². The lowest BCUT2D eigenvalue weighted by atomic mass is 10.1. The van der Waals surface area contributed by atoms with Gasteiger partial charge < -0.3 is 10.0 Å². The Hall–Kier alpha value is -1.88. The summed E-state index contributed by atoms with van der Waals surface area (Å²) in [6.07, 6.45) is 4.21. The number of aromatic nitrogens is 1. The highest BCUT2D eigenvalue weighted by molar-refractivity contribution is 7.19. The molecule has 0 radical (unpaired) electrons. The van der Waals surface area contributed by atoms with Crippen LogP contribution in [0.4, 0.5) is 5.69 Å². The van der Waals surface area contributed by atoms with Gasteiger partial charge >= 0.3 is 0 Å². The SMILES string of the molecule is CCN(CCO)c1ccc(/C=C/c2nc3ccccc3s2)c(C)c1.Cl. The number of likely N-dealkylation sites (N-methyl/N-ethyl adjacent to an activating group) is 1. The third kappa shape index (κ3) is 4.60. The van der Waals surface area contributed by atoms with Crippen LogP contribution in [0.25, 0.3) is 22.4 Å². The number of aryl methyl sites for hydroxylation is 1. The molecule has 2 aromatic carbocycles. The second-order valence-electron chi connectivity index (χ2n) is 5.70. The van der Waals surface area contributed by atoms with E-state index in [1.165, 1.54) is 15.8 Å². The maximum Gasteiger partial charge on any atom is 0.117 e. The molecule has 3 nitrogen and oxygen atoms in total. The van der Waals surface area contributed by atoms with Crippen LogP contribution < -0.4 is 4.90 Å². The Bertz CT molecular complexity index is 827. The summed E-state index contributed by atoms with van der Waals surface area (Å²) in [6, 6.07) is 14.6. The van der Waals surface area contributed by atoms with Gasteiger partial charge in [0.15, 0.2) is 0 Å². The van der Waals surface area contributed by atoms with E-state index in [1.54, 1.807) is 11.3 Å². The molecule has 0 saturated heterocycles. The molecule has 0 fully saturated rings. The van der Waals surface area contributed by atoms with Crippen LogP contribution in [0.2, 0.25) is 0 Å². The van der Waals surface area contributed by atoms with Crippen LogP contribution in [-0.4, -0.2) is 29.8 Å². The minimum atomic E-state index is 0. The number of nitrogens with zero attached hydrogens (tertiary/aromatic N) is 2. The number of fused-ring (bicyclic) bond motifs is 1. The highest BCUT2D eigenvalue weighted by Gasteiger charge is 2.05. The van der Waals surface area contributed by atoms with E-state index in [0.717, 1.165) is 22.8 Å². The van der Waals surface area contributed by atoms with Crippen molar-refractivity contribution in [1.82, 2.24) is 4.98 Å². The molecule has 3 rings (SSSR count). The van der Waals surface area contributed by atoms with Gasteiger partial charge in [-0.05, 0) is 55.3 Å². The number of hydrogen-bond donors (Lipinski definition) is 1. The van der Waals surface area contributed by atoms with E-state index in [2.05, 4.69) is 60.1 Å². The largest absolute Gasteiger partial charge is 0.395 e. The summed E-state index contributed by atoms with van der Waals surface area (Å²) in [7, 11) is 0. The zero-order chi connectivity index (χ0) is 16.9. The second-order valence-corrected chi connectivity index (χ2v) is 6.76. The molecule has 1 N–H and O–H groups in total. The Morgan fingerprint density at radius 3 is 2.64 bits per heavy atom. The first kappa shape index (κ1) is 19.4. The smallest absolute Gasteiger partial charge is 0.117 e. The Morgan fingerprint density at radius 2 is 1.96 bits per heavy atom. The molecule has 0 aliphatic rings. The van der Waals surface area contributed by atoms with Crippen LogP contribution in [0.15, 0.2) is 42.5 Å². The fourth-order valence-corrected chi connectivity index (χ4v) is 3.63. The van der Waals surface area contributed by atoms with Gasteiger partial charge in [-0.1, -0.05) is 24.3 Å². The van der Waals surface area contributed by atoms with Gasteiger partial charge in [-0.3, -0.25) is 0 Å². The van der Waals surface area contributed by atoms with Crippen LogP contribution in [-0.2, 0) is 0 Å². The molecule has 0 bridgehead atoms. The summed E-state index contributed by atoms with van der Waals surface area (Å²) in [4.78, 5) is 6.81. The van der Waals surface area contributed by atoms with Crippen molar-refractivity contribution in [3.05, 3.63) is 58.6 Å². The number of anilines is 1. The van der Waals surface area contributed by atoms with E-state index in [1.807, 2.05) is 18.2 Å². The molecule has 3 aromatic rings. The molecular formula is C20H23ClN2OS. The lowest BCUT2D eigenvalue weighted by Crippen LogP contribution is -2.26. The zero-order valence-corrected chi connectivity index (χ0v) is 16.1. The van der Waals surface area contributed by atoms with Crippen molar-refractivity contribution >= 4 is 51.8 Å². The molecule has 0 unspecified atom stereocenters. The van der Waals surface area contributed by atoms with E-state index in [9.17, 15) is 0 Å². The van der Waals surface area contributed by atoms with Gasteiger partial charge in [0.2, 0.25) is 0 Å². The van der Waals surface area contributed by atoms with E-state index in [4.69, 9.17) is 5.11 Å².